The minimum atomic E-state index is -0.211. The van der Waals surface area contributed by atoms with Crippen molar-refractivity contribution in [2.45, 2.75) is 13.0 Å². The van der Waals surface area contributed by atoms with Gasteiger partial charge >= 0.3 is 0 Å². The zero-order valence-electron chi connectivity index (χ0n) is 11.6. The largest absolute Gasteiger partial charge is 0.361 e. The van der Waals surface area contributed by atoms with Crippen LogP contribution in [0.2, 0.25) is 0 Å². The maximum absolute atomic E-state index is 13.2. The monoisotopic (exact) mass is 347 g/mol. The number of aromatic amines is 1. The third kappa shape index (κ3) is 3.34. The topological polar surface area (TPSA) is 32.4 Å². The van der Waals surface area contributed by atoms with Crippen molar-refractivity contribution in [3.05, 3.63) is 70.1 Å². The maximum atomic E-state index is 13.2. The summed E-state index contributed by atoms with van der Waals surface area (Å²) in [6, 6.07) is 13.5. The number of fused-ring (bicyclic) bond motifs is 1. The first-order valence-electron chi connectivity index (χ1n) is 7.04. The van der Waals surface area contributed by atoms with Gasteiger partial charge in [0.1, 0.15) is 12.4 Å². The van der Waals surface area contributed by atoms with Crippen LogP contribution in [0.15, 0.2) is 53.1 Å². The van der Waals surface area contributed by atoms with E-state index in [1.165, 1.54) is 22.5 Å². The van der Waals surface area contributed by atoms with E-state index in [2.05, 4.69) is 50.6 Å². The van der Waals surface area contributed by atoms with E-state index in [1.807, 2.05) is 18.2 Å². The van der Waals surface area contributed by atoms with Crippen molar-refractivity contribution in [2.75, 3.05) is 6.54 Å². The summed E-state index contributed by atoms with van der Waals surface area (Å²) in [7, 11) is 0. The minimum absolute atomic E-state index is 0.211. The molecule has 0 saturated carbocycles. The van der Waals surface area contributed by atoms with Crippen LogP contribution in [0.25, 0.3) is 10.9 Å². The molecule has 4 heteroatoms. The van der Waals surface area contributed by atoms with Crippen molar-refractivity contribution in [1.29, 1.82) is 0 Å². The van der Waals surface area contributed by atoms with Crippen LogP contribution in [-0.2, 0) is 13.0 Å². The molecule has 1 heterocycles. The smallest absolute Gasteiger partial charge is 0.137 e. The Labute approximate surface area is 131 Å². The van der Waals surface area contributed by atoms with Gasteiger partial charge in [0.15, 0.2) is 0 Å². The zero-order valence-corrected chi connectivity index (χ0v) is 13.2. The molecule has 0 radical (unpaired) electrons. The second-order valence-corrected chi connectivity index (χ2v) is 5.99. The first kappa shape index (κ1) is 14.3. The van der Waals surface area contributed by atoms with Crippen molar-refractivity contribution in [3.63, 3.8) is 0 Å². The number of para-hydroxylation sites is 1. The maximum Gasteiger partial charge on any atom is 0.137 e. The Balaban J connectivity index is 1.55. The normalized spacial score (nSPS) is 11.1. The lowest BCUT2D eigenvalue weighted by Crippen LogP contribution is -2.83. The lowest BCUT2D eigenvalue weighted by Gasteiger charge is -2.03. The van der Waals surface area contributed by atoms with E-state index in [1.54, 1.807) is 0 Å². The molecule has 0 atom stereocenters. The Morgan fingerprint density at radius 3 is 2.86 bits per heavy atom. The van der Waals surface area contributed by atoms with Gasteiger partial charge in [-0.25, -0.2) is 4.39 Å². The average molecular weight is 348 g/mol. The van der Waals surface area contributed by atoms with Crippen LogP contribution >= 0.6 is 15.9 Å². The Morgan fingerprint density at radius 1 is 1.14 bits per heavy atom. The molecule has 0 aliphatic carbocycles. The average Bonchev–Trinajstić information content (AvgIpc) is 2.91. The van der Waals surface area contributed by atoms with Gasteiger partial charge in [-0.05, 0) is 39.7 Å². The van der Waals surface area contributed by atoms with Crippen LogP contribution in [0.5, 0.6) is 0 Å². The Bertz CT molecular complexity index is 751. The highest BCUT2D eigenvalue weighted by Gasteiger charge is 2.05. The van der Waals surface area contributed by atoms with Crippen molar-refractivity contribution in [2.24, 2.45) is 0 Å². The van der Waals surface area contributed by atoms with Gasteiger partial charge in [0.25, 0.3) is 0 Å². The second kappa shape index (κ2) is 6.41. The number of hydrogen-bond acceptors (Lipinski definition) is 0. The molecule has 108 valence electrons. The molecule has 21 heavy (non-hydrogen) atoms. The van der Waals surface area contributed by atoms with E-state index in [-0.39, 0.29) is 5.82 Å². The molecule has 2 aromatic carbocycles. The summed E-state index contributed by atoms with van der Waals surface area (Å²) in [6.45, 7) is 1.87. The number of benzene rings is 2. The number of H-pyrrole nitrogens is 1. The standard InChI is InChI=1S/C17H16BrFN2/c18-15-9-12(5-6-16(15)19)10-20-8-7-13-11-21-17-4-2-1-3-14(13)17/h1-6,9,11,20-21H,7-8,10H2/p+1. The molecule has 2 nitrogen and oxygen atoms in total. The van der Waals surface area contributed by atoms with Crippen molar-refractivity contribution < 1.29 is 9.71 Å². The fourth-order valence-corrected chi connectivity index (χ4v) is 2.96. The summed E-state index contributed by atoms with van der Waals surface area (Å²) >= 11 is 3.22. The summed E-state index contributed by atoms with van der Waals surface area (Å²) in [5, 5.41) is 3.55. The Hall–Kier alpha value is -1.65. The Kier molecular flexibility index (Phi) is 4.36. The van der Waals surface area contributed by atoms with Crippen LogP contribution in [0.3, 0.4) is 0 Å². The summed E-state index contributed by atoms with van der Waals surface area (Å²) in [6.07, 6.45) is 3.11. The van der Waals surface area contributed by atoms with E-state index in [0.29, 0.717) is 4.47 Å². The highest BCUT2D eigenvalue weighted by atomic mass is 79.9. The molecule has 3 N–H and O–H groups in total. The molecule has 1 aromatic heterocycles. The van der Waals surface area contributed by atoms with Gasteiger partial charge in [0.05, 0.1) is 11.0 Å². The molecule has 0 spiro atoms. The molecule has 0 bridgehead atoms. The third-order valence-electron chi connectivity index (χ3n) is 3.66. The zero-order chi connectivity index (χ0) is 14.7. The van der Waals surface area contributed by atoms with Crippen LogP contribution in [-0.4, -0.2) is 11.5 Å². The first-order chi connectivity index (χ1) is 10.2. The van der Waals surface area contributed by atoms with Crippen LogP contribution in [0.1, 0.15) is 11.1 Å². The third-order valence-corrected chi connectivity index (χ3v) is 4.26. The number of quaternary nitrogens is 1. The van der Waals surface area contributed by atoms with Gasteiger partial charge in [0.2, 0.25) is 0 Å². The molecule has 3 aromatic rings. The summed E-state index contributed by atoms with van der Waals surface area (Å²) in [5.74, 6) is -0.211. The van der Waals surface area contributed by atoms with Crippen molar-refractivity contribution in [3.8, 4) is 0 Å². The van der Waals surface area contributed by atoms with Crippen molar-refractivity contribution >= 4 is 26.8 Å². The van der Waals surface area contributed by atoms with E-state index in [0.717, 1.165) is 25.1 Å². The van der Waals surface area contributed by atoms with Gasteiger partial charge in [-0.1, -0.05) is 24.3 Å². The lowest BCUT2D eigenvalue weighted by molar-refractivity contribution is -0.670. The summed E-state index contributed by atoms with van der Waals surface area (Å²) < 4.78 is 13.7. The first-order valence-corrected chi connectivity index (χ1v) is 7.84. The number of halogens is 2. The molecular formula is C17H17BrFN2+. The fraction of sp³-hybridized carbons (Fsp3) is 0.176. The predicted octanol–water partition coefficient (Wildman–Crippen LogP) is 3.38. The van der Waals surface area contributed by atoms with E-state index in [9.17, 15) is 4.39 Å². The number of hydrogen-bond donors (Lipinski definition) is 2. The molecular weight excluding hydrogens is 331 g/mol. The second-order valence-electron chi connectivity index (χ2n) is 5.14. The van der Waals surface area contributed by atoms with Crippen LogP contribution in [0, 0.1) is 5.82 Å². The number of rotatable bonds is 5. The Morgan fingerprint density at radius 2 is 2.00 bits per heavy atom. The molecule has 0 saturated heterocycles. The fourth-order valence-electron chi connectivity index (χ4n) is 2.53. The summed E-state index contributed by atoms with van der Waals surface area (Å²) in [4.78, 5) is 3.30. The van der Waals surface area contributed by atoms with E-state index >= 15 is 0 Å². The quantitative estimate of drug-likeness (QED) is 0.663. The van der Waals surface area contributed by atoms with E-state index in [4.69, 9.17) is 0 Å². The molecule has 0 fully saturated rings. The van der Waals surface area contributed by atoms with Crippen LogP contribution < -0.4 is 5.32 Å². The highest BCUT2D eigenvalue weighted by Crippen LogP contribution is 2.18. The van der Waals surface area contributed by atoms with Gasteiger partial charge in [-0.2, -0.15) is 0 Å². The number of nitrogens with two attached hydrogens (primary N) is 1. The van der Waals surface area contributed by atoms with Gasteiger partial charge in [0, 0.05) is 29.1 Å². The van der Waals surface area contributed by atoms with Gasteiger partial charge < -0.3 is 10.3 Å². The lowest BCUT2D eigenvalue weighted by atomic mass is 10.1. The summed E-state index contributed by atoms with van der Waals surface area (Å²) in [5.41, 5.74) is 3.67. The number of aromatic nitrogens is 1. The number of nitrogens with one attached hydrogen (secondary N) is 1. The van der Waals surface area contributed by atoms with Gasteiger partial charge in [-0.15, -0.1) is 0 Å². The van der Waals surface area contributed by atoms with Crippen molar-refractivity contribution in [1.82, 2.24) is 4.98 Å². The molecule has 0 unspecified atom stereocenters. The van der Waals surface area contributed by atoms with Crippen LogP contribution in [0.4, 0.5) is 4.39 Å². The highest BCUT2D eigenvalue weighted by molar-refractivity contribution is 9.10. The minimum Gasteiger partial charge on any atom is -0.361 e. The predicted molar refractivity (Wildman–Crippen MR) is 86.6 cm³/mol. The molecule has 0 amide bonds. The molecule has 3 rings (SSSR count). The molecule has 0 aliphatic rings. The molecule has 0 aliphatic heterocycles. The van der Waals surface area contributed by atoms with E-state index < -0.39 is 0 Å². The van der Waals surface area contributed by atoms with Gasteiger partial charge in [-0.3, -0.25) is 0 Å². The SMILES string of the molecule is Fc1ccc(C[NH2+]CCc2c[nH]c3ccccc23)cc1Br.